The molecule has 1 aromatic carbocycles. The van der Waals surface area contributed by atoms with Crippen molar-refractivity contribution in [3.05, 3.63) is 47.6 Å². The predicted octanol–water partition coefficient (Wildman–Crippen LogP) is 4.11. The van der Waals surface area contributed by atoms with Gasteiger partial charge in [0.2, 0.25) is 5.89 Å². The zero-order valence-electron chi connectivity index (χ0n) is 15.7. The van der Waals surface area contributed by atoms with Gasteiger partial charge in [0.25, 0.3) is 0 Å². The number of likely N-dealkylation sites (tertiary alicyclic amines) is 1. The smallest absolute Gasteiger partial charge is 0.243 e. The Morgan fingerprint density at radius 3 is 2.48 bits per heavy atom. The number of hydrogen-bond donors (Lipinski definition) is 0. The first-order chi connectivity index (χ1) is 11.9. The second-order valence-corrected chi connectivity index (χ2v) is 7.91. The molecule has 1 saturated heterocycles. The number of ether oxygens (including phenoxy) is 1. The normalized spacial score (nSPS) is 18.4. The molecule has 3 rings (SSSR count). The molecule has 0 spiro atoms. The van der Waals surface area contributed by atoms with Gasteiger partial charge in [0.15, 0.2) is 5.82 Å². The van der Waals surface area contributed by atoms with Crippen LogP contribution in [0.2, 0.25) is 0 Å². The molecule has 25 heavy (non-hydrogen) atoms. The quantitative estimate of drug-likeness (QED) is 0.818. The molecular formula is C20H29N3O2. The molecule has 5 heteroatoms. The summed E-state index contributed by atoms with van der Waals surface area (Å²) in [4.78, 5) is 7.01. The van der Waals surface area contributed by atoms with E-state index >= 15 is 0 Å². The van der Waals surface area contributed by atoms with Crippen molar-refractivity contribution in [2.45, 2.75) is 64.7 Å². The highest BCUT2D eigenvalue weighted by molar-refractivity contribution is 5.13. The Kier molecular flexibility index (Phi) is 5.54. The first-order valence-electron chi connectivity index (χ1n) is 9.17. The van der Waals surface area contributed by atoms with Gasteiger partial charge in [-0.05, 0) is 25.3 Å². The van der Waals surface area contributed by atoms with E-state index < -0.39 is 0 Å². The summed E-state index contributed by atoms with van der Waals surface area (Å²) in [6.07, 6.45) is 2.41. The zero-order valence-corrected chi connectivity index (χ0v) is 15.7. The fourth-order valence-electron chi connectivity index (χ4n) is 3.08. The van der Waals surface area contributed by atoms with Crippen molar-refractivity contribution in [3.63, 3.8) is 0 Å². The molecule has 1 aromatic heterocycles. The molecule has 0 saturated carbocycles. The third-order valence-corrected chi connectivity index (χ3v) is 4.82. The standard InChI is InChI=1S/C20H29N3O2/c1-15(18-21-19(22-25-18)20(2,3)4)23-12-10-17(11-13-23)24-14-16-8-6-5-7-9-16/h5-9,15,17H,10-14H2,1-4H3/t15-/m1/s1. The van der Waals surface area contributed by atoms with E-state index in [1.165, 1.54) is 5.56 Å². The topological polar surface area (TPSA) is 51.4 Å². The molecule has 1 aliphatic heterocycles. The molecule has 0 aliphatic carbocycles. The van der Waals surface area contributed by atoms with Crippen LogP contribution in [0, 0.1) is 0 Å². The molecule has 0 unspecified atom stereocenters. The van der Waals surface area contributed by atoms with Crippen LogP contribution in [0.3, 0.4) is 0 Å². The lowest BCUT2D eigenvalue weighted by molar-refractivity contribution is -0.0124. The van der Waals surface area contributed by atoms with Gasteiger partial charge in [0, 0.05) is 18.5 Å². The van der Waals surface area contributed by atoms with Gasteiger partial charge in [-0.1, -0.05) is 56.3 Å². The Balaban J connectivity index is 1.49. The Bertz CT molecular complexity index is 655. The maximum atomic E-state index is 6.07. The van der Waals surface area contributed by atoms with Gasteiger partial charge < -0.3 is 9.26 Å². The molecule has 0 amide bonds. The van der Waals surface area contributed by atoms with Crippen molar-refractivity contribution >= 4 is 0 Å². The number of piperidine rings is 1. The summed E-state index contributed by atoms with van der Waals surface area (Å²) >= 11 is 0. The molecule has 1 fully saturated rings. The van der Waals surface area contributed by atoms with E-state index in [1.54, 1.807) is 0 Å². The molecule has 5 nitrogen and oxygen atoms in total. The van der Waals surface area contributed by atoms with Gasteiger partial charge in [-0.25, -0.2) is 0 Å². The highest BCUT2D eigenvalue weighted by Crippen LogP contribution is 2.27. The Morgan fingerprint density at radius 1 is 1.20 bits per heavy atom. The minimum Gasteiger partial charge on any atom is -0.373 e. The maximum absolute atomic E-state index is 6.07. The minimum atomic E-state index is -0.0836. The summed E-state index contributed by atoms with van der Waals surface area (Å²) in [6, 6.07) is 10.5. The lowest BCUT2D eigenvalue weighted by Gasteiger charge is -2.34. The second kappa shape index (κ2) is 7.67. The minimum absolute atomic E-state index is 0.0836. The molecule has 0 radical (unpaired) electrons. The summed E-state index contributed by atoms with van der Waals surface area (Å²) in [5.41, 5.74) is 1.15. The number of nitrogens with zero attached hydrogens (tertiary/aromatic N) is 3. The number of rotatable bonds is 5. The highest BCUT2D eigenvalue weighted by Gasteiger charge is 2.29. The summed E-state index contributed by atoms with van der Waals surface area (Å²) in [5.74, 6) is 1.49. The van der Waals surface area contributed by atoms with E-state index in [1.807, 2.05) is 6.07 Å². The van der Waals surface area contributed by atoms with Crippen LogP contribution in [0.15, 0.2) is 34.9 Å². The summed E-state index contributed by atoms with van der Waals surface area (Å²) < 4.78 is 11.6. The Hall–Kier alpha value is -1.72. The molecule has 2 heterocycles. The first-order valence-corrected chi connectivity index (χ1v) is 9.17. The summed E-state index contributed by atoms with van der Waals surface area (Å²) in [7, 11) is 0. The van der Waals surface area contributed by atoms with Gasteiger partial charge in [-0.2, -0.15) is 4.98 Å². The maximum Gasteiger partial charge on any atom is 0.243 e. The van der Waals surface area contributed by atoms with Crippen LogP contribution in [0.25, 0.3) is 0 Å². The average Bonchev–Trinajstić information content (AvgIpc) is 3.11. The van der Waals surface area contributed by atoms with Crippen LogP contribution in [0.1, 0.15) is 63.9 Å². The zero-order chi connectivity index (χ0) is 17.9. The van der Waals surface area contributed by atoms with Crippen molar-refractivity contribution in [2.75, 3.05) is 13.1 Å². The predicted molar refractivity (Wildman–Crippen MR) is 97.2 cm³/mol. The van der Waals surface area contributed by atoms with Crippen molar-refractivity contribution in [2.24, 2.45) is 0 Å². The van der Waals surface area contributed by atoms with Crippen molar-refractivity contribution < 1.29 is 9.26 Å². The number of hydrogen-bond acceptors (Lipinski definition) is 5. The van der Waals surface area contributed by atoms with E-state index in [2.05, 4.69) is 67.0 Å². The fraction of sp³-hybridized carbons (Fsp3) is 0.600. The lowest BCUT2D eigenvalue weighted by atomic mass is 9.96. The van der Waals surface area contributed by atoms with Crippen LogP contribution in [-0.4, -0.2) is 34.2 Å². The van der Waals surface area contributed by atoms with Crippen molar-refractivity contribution in [1.82, 2.24) is 15.0 Å². The molecule has 0 N–H and O–H groups in total. The van der Waals surface area contributed by atoms with Gasteiger partial charge in [-0.3, -0.25) is 4.90 Å². The van der Waals surface area contributed by atoms with E-state index in [0.717, 1.165) is 31.8 Å². The third-order valence-electron chi connectivity index (χ3n) is 4.82. The largest absolute Gasteiger partial charge is 0.373 e. The van der Waals surface area contributed by atoms with Crippen LogP contribution >= 0.6 is 0 Å². The van der Waals surface area contributed by atoms with E-state index in [4.69, 9.17) is 9.26 Å². The monoisotopic (exact) mass is 343 g/mol. The molecule has 1 aliphatic rings. The number of aromatic nitrogens is 2. The first kappa shape index (κ1) is 18.1. The van der Waals surface area contributed by atoms with Crippen LogP contribution in [0.5, 0.6) is 0 Å². The molecule has 1 atom stereocenters. The molecule has 136 valence electrons. The highest BCUT2D eigenvalue weighted by atomic mass is 16.5. The van der Waals surface area contributed by atoms with E-state index in [-0.39, 0.29) is 11.5 Å². The fourth-order valence-corrected chi connectivity index (χ4v) is 3.08. The van der Waals surface area contributed by atoms with Crippen molar-refractivity contribution in [3.8, 4) is 0 Å². The molecule has 0 bridgehead atoms. The van der Waals surface area contributed by atoms with Crippen LogP contribution in [0.4, 0.5) is 0 Å². The van der Waals surface area contributed by atoms with Gasteiger partial charge in [-0.15, -0.1) is 0 Å². The van der Waals surface area contributed by atoms with Crippen LogP contribution < -0.4 is 0 Å². The number of benzene rings is 1. The van der Waals surface area contributed by atoms with E-state index in [9.17, 15) is 0 Å². The second-order valence-electron chi connectivity index (χ2n) is 7.91. The Morgan fingerprint density at radius 2 is 1.88 bits per heavy atom. The van der Waals surface area contributed by atoms with Gasteiger partial charge >= 0.3 is 0 Å². The molecule has 2 aromatic rings. The molecular weight excluding hydrogens is 314 g/mol. The third kappa shape index (κ3) is 4.67. The SMILES string of the molecule is C[C@H](c1nc(C(C)(C)C)no1)N1CCC(OCc2ccccc2)CC1. The summed E-state index contributed by atoms with van der Waals surface area (Å²) in [6.45, 7) is 11.1. The average molecular weight is 343 g/mol. The van der Waals surface area contributed by atoms with E-state index in [0.29, 0.717) is 18.6 Å². The van der Waals surface area contributed by atoms with Crippen LogP contribution in [-0.2, 0) is 16.8 Å². The lowest BCUT2D eigenvalue weighted by Crippen LogP contribution is -2.38. The van der Waals surface area contributed by atoms with Crippen molar-refractivity contribution in [1.29, 1.82) is 0 Å². The van der Waals surface area contributed by atoms with Gasteiger partial charge in [0.05, 0.1) is 18.8 Å². The summed E-state index contributed by atoms with van der Waals surface area (Å²) in [5, 5.41) is 4.14. The van der Waals surface area contributed by atoms with Gasteiger partial charge in [0.1, 0.15) is 0 Å². The Labute approximate surface area is 150 Å².